The van der Waals surface area contributed by atoms with Gasteiger partial charge in [0, 0.05) is 66.5 Å². The SMILES string of the molecule is Cc1ccc2[nH]c(C3CCCN(C(=O)c4cc(C5CC5)nn4C)C3)c(-c3ccncc3)c2c1. The van der Waals surface area contributed by atoms with Crippen LogP contribution in [-0.2, 0) is 7.05 Å². The zero-order valence-electron chi connectivity index (χ0n) is 19.2. The Balaban J connectivity index is 1.35. The van der Waals surface area contributed by atoms with Gasteiger partial charge in [0.25, 0.3) is 5.91 Å². The zero-order valence-corrected chi connectivity index (χ0v) is 19.2. The van der Waals surface area contributed by atoms with Crippen molar-refractivity contribution in [3.63, 3.8) is 0 Å². The summed E-state index contributed by atoms with van der Waals surface area (Å²) in [6, 6.07) is 12.7. The molecule has 1 unspecified atom stereocenters. The van der Waals surface area contributed by atoms with Crippen LogP contribution in [0.15, 0.2) is 48.8 Å². The van der Waals surface area contributed by atoms with Crippen LogP contribution < -0.4 is 0 Å². The molecule has 2 fully saturated rings. The molecular formula is C27H29N5O. The number of aromatic amines is 1. The van der Waals surface area contributed by atoms with Gasteiger partial charge in [-0.1, -0.05) is 11.6 Å². The van der Waals surface area contributed by atoms with Crippen molar-refractivity contribution in [2.24, 2.45) is 7.05 Å². The summed E-state index contributed by atoms with van der Waals surface area (Å²) in [6.45, 7) is 3.64. The number of nitrogens with one attached hydrogen (secondary N) is 1. The number of benzene rings is 1. The number of hydrogen-bond acceptors (Lipinski definition) is 3. The predicted molar refractivity (Wildman–Crippen MR) is 129 cm³/mol. The number of carbonyl (C=O) groups is 1. The summed E-state index contributed by atoms with van der Waals surface area (Å²) < 4.78 is 1.77. The second kappa shape index (κ2) is 7.87. The van der Waals surface area contributed by atoms with Crippen molar-refractivity contribution in [3.05, 3.63) is 71.4 Å². The molecule has 1 aromatic carbocycles. The highest BCUT2D eigenvalue weighted by Gasteiger charge is 2.32. The summed E-state index contributed by atoms with van der Waals surface area (Å²) in [7, 11) is 1.89. The molecule has 4 aromatic rings. The minimum absolute atomic E-state index is 0.0963. The first-order chi connectivity index (χ1) is 16.1. The Morgan fingerprint density at radius 1 is 1.06 bits per heavy atom. The molecule has 1 saturated carbocycles. The molecule has 0 radical (unpaired) electrons. The summed E-state index contributed by atoms with van der Waals surface area (Å²) in [4.78, 5) is 23.4. The van der Waals surface area contributed by atoms with Gasteiger partial charge in [0.15, 0.2) is 0 Å². The maximum absolute atomic E-state index is 13.5. The lowest BCUT2D eigenvalue weighted by atomic mass is 9.89. The van der Waals surface area contributed by atoms with Crippen molar-refractivity contribution in [2.45, 2.75) is 44.4 Å². The molecule has 1 saturated heterocycles. The normalized spacial score (nSPS) is 18.7. The highest BCUT2D eigenvalue weighted by Crippen LogP contribution is 2.41. The largest absolute Gasteiger partial charge is 0.358 e. The van der Waals surface area contributed by atoms with E-state index in [0.717, 1.165) is 30.6 Å². The molecule has 0 spiro atoms. The fraction of sp³-hybridized carbons (Fsp3) is 0.370. The van der Waals surface area contributed by atoms with E-state index in [1.165, 1.54) is 40.6 Å². The van der Waals surface area contributed by atoms with Crippen LogP contribution in [-0.4, -0.2) is 43.6 Å². The van der Waals surface area contributed by atoms with E-state index in [4.69, 9.17) is 0 Å². The van der Waals surface area contributed by atoms with E-state index in [9.17, 15) is 4.79 Å². The monoisotopic (exact) mass is 439 g/mol. The van der Waals surface area contributed by atoms with E-state index < -0.39 is 0 Å². The Kier molecular flexibility index (Phi) is 4.82. The van der Waals surface area contributed by atoms with Gasteiger partial charge in [0.2, 0.25) is 0 Å². The van der Waals surface area contributed by atoms with Crippen molar-refractivity contribution < 1.29 is 4.79 Å². The number of amides is 1. The van der Waals surface area contributed by atoms with Crippen molar-refractivity contribution in [3.8, 4) is 11.1 Å². The second-order valence-electron chi connectivity index (χ2n) is 9.64. The Morgan fingerprint density at radius 3 is 2.67 bits per heavy atom. The van der Waals surface area contributed by atoms with Crippen molar-refractivity contribution in [1.82, 2.24) is 24.6 Å². The van der Waals surface area contributed by atoms with Crippen LogP contribution >= 0.6 is 0 Å². The number of nitrogens with zero attached hydrogens (tertiary/aromatic N) is 4. The summed E-state index contributed by atoms with van der Waals surface area (Å²) >= 11 is 0. The molecule has 3 aromatic heterocycles. The Morgan fingerprint density at radius 2 is 1.88 bits per heavy atom. The van der Waals surface area contributed by atoms with Gasteiger partial charge in [-0.2, -0.15) is 5.10 Å². The number of likely N-dealkylation sites (tertiary alicyclic amines) is 1. The quantitative estimate of drug-likeness (QED) is 0.477. The lowest BCUT2D eigenvalue weighted by Crippen LogP contribution is -2.40. The molecule has 1 aliphatic carbocycles. The van der Waals surface area contributed by atoms with E-state index in [0.29, 0.717) is 18.2 Å². The summed E-state index contributed by atoms with van der Waals surface area (Å²) in [5.41, 5.74) is 7.80. The van der Waals surface area contributed by atoms with Gasteiger partial charge in [-0.15, -0.1) is 0 Å². The average Bonchev–Trinajstić information content (AvgIpc) is 3.52. The molecule has 1 atom stereocenters. The molecule has 1 amide bonds. The fourth-order valence-corrected chi connectivity index (χ4v) is 5.29. The topological polar surface area (TPSA) is 66.8 Å². The van der Waals surface area contributed by atoms with Crippen LogP contribution in [0, 0.1) is 6.92 Å². The summed E-state index contributed by atoms with van der Waals surface area (Å²) in [6.07, 6.45) is 8.14. The van der Waals surface area contributed by atoms with Crippen LogP contribution in [0.2, 0.25) is 0 Å². The van der Waals surface area contributed by atoms with Gasteiger partial charge in [0.1, 0.15) is 5.69 Å². The van der Waals surface area contributed by atoms with Gasteiger partial charge in [-0.3, -0.25) is 14.5 Å². The van der Waals surface area contributed by atoms with E-state index >= 15 is 0 Å². The number of aryl methyl sites for hydroxylation is 2. The number of aromatic nitrogens is 4. The van der Waals surface area contributed by atoms with Gasteiger partial charge in [-0.25, -0.2) is 0 Å². The maximum atomic E-state index is 13.5. The third-order valence-corrected chi connectivity index (χ3v) is 7.18. The molecule has 1 N–H and O–H groups in total. The van der Waals surface area contributed by atoms with E-state index in [2.05, 4.69) is 52.3 Å². The van der Waals surface area contributed by atoms with Crippen molar-refractivity contribution >= 4 is 16.8 Å². The molecule has 4 heterocycles. The van der Waals surface area contributed by atoms with Gasteiger partial charge in [0.05, 0.1) is 5.69 Å². The summed E-state index contributed by atoms with van der Waals surface area (Å²) in [5, 5.41) is 5.85. The zero-order chi connectivity index (χ0) is 22.5. The molecule has 0 bridgehead atoms. The predicted octanol–water partition coefficient (Wildman–Crippen LogP) is 5.17. The number of H-pyrrole nitrogens is 1. The van der Waals surface area contributed by atoms with Gasteiger partial charge < -0.3 is 9.88 Å². The lowest BCUT2D eigenvalue weighted by Gasteiger charge is -2.33. The maximum Gasteiger partial charge on any atom is 0.272 e. The molecule has 6 nitrogen and oxygen atoms in total. The highest BCUT2D eigenvalue weighted by molar-refractivity contribution is 5.98. The molecule has 33 heavy (non-hydrogen) atoms. The minimum Gasteiger partial charge on any atom is -0.358 e. The first-order valence-corrected chi connectivity index (χ1v) is 11.9. The molecule has 6 rings (SSSR count). The smallest absolute Gasteiger partial charge is 0.272 e. The number of hydrogen-bond donors (Lipinski definition) is 1. The second-order valence-corrected chi connectivity index (χ2v) is 9.64. The average molecular weight is 440 g/mol. The fourth-order valence-electron chi connectivity index (χ4n) is 5.29. The van der Waals surface area contributed by atoms with Crippen LogP contribution in [0.5, 0.6) is 0 Å². The molecular weight excluding hydrogens is 410 g/mol. The Hall–Kier alpha value is -3.41. The number of piperidine rings is 1. The van der Waals surface area contributed by atoms with Crippen molar-refractivity contribution in [2.75, 3.05) is 13.1 Å². The van der Waals surface area contributed by atoms with Crippen molar-refractivity contribution in [1.29, 1.82) is 0 Å². The molecule has 6 heteroatoms. The van der Waals surface area contributed by atoms with E-state index in [-0.39, 0.29) is 11.8 Å². The van der Waals surface area contributed by atoms with Gasteiger partial charge in [-0.05, 0) is 68.5 Å². The van der Waals surface area contributed by atoms with Gasteiger partial charge >= 0.3 is 0 Å². The van der Waals surface area contributed by atoms with E-state index in [1.807, 2.05) is 30.4 Å². The van der Waals surface area contributed by atoms with Crippen LogP contribution in [0.25, 0.3) is 22.0 Å². The molecule has 2 aliphatic rings. The lowest BCUT2D eigenvalue weighted by molar-refractivity contribution is 0.0695. The third-order valence-electron chi connectivity index (χ3n) is 7.18. The number of pyridine rings is 1. The third kappa shape index (κ3) is 3.63. The Bertz CT molecular complexity index is 1330. The molecule has 1 aliphatic heterocycles. The number of rotatable bonds is 4. The van der Waals surface area contributed by atoms with E-state index in [1.54, 1.807) is 4.68 Å². The van der Waals surface area contributed by atoms with Crippen LogP contribution in [0.4, 0.5) is 0 Å². The number of fused-ring (bicyclic) bond motifs is 1. The first kappa shape index (κ1) is 20.2. The highest BCUT2D eigenvalue weighted by atomic mass is 16.2. The standard InChI is InChI=1S/C27H29N5O/c1-17-5-8-22-21(14-17)25(19-9-11-28-12-10-19)26(29-22)20-4-3-13-32(16-20)27(33)24-15-23(18-6-7-18)30-31(24)2/h5,8-12,14-15,18,20,29H,3-4,6-7,13,16H2,1-2H3. The van der Waals surface area contributed by atoms with Crippen LogP contribution in [0.1, 0.15) is 65.0 Å². The Labute approximate surface area is 193 Å². The first-order valence-electron chi connectivity index (χ1n) is 11.9. The minimum atomic E-state index is 0.0963. The summed E-state index contributed by atoms with van der Waals surface area (Å²) in [5.74, 6) is 0.901. The number of carbonyl (C=O) groups excluding carboxylic acids is 1. The van der Waals surface area contributed by atoms with Crippen LogP contribution in [0.3, 0.4) is 0 Å². The molecule has 168 valence electrons.